The number of ether oxygens (including phenoxy) is 1. The lowest BCUT2D eigenvalue weighted by molar-refractivity contribution is -0.165. The second-order valence-electron chi connectivity index (χ2n) is 5.01. The third-order valence-corrected chi connectivity index (χ3v) is 2.83. The highest BCUT2D eigenvalue weighted by atomic mass is 19.4. The lowest BCUT2D eigenvalue weighted by atomic mass is 10.1. The molecule has 0 aliphatic rings. The SMILES string of the molecule is Cc1ccc(C(=O)NCC(NC(=O)OCC(F)(F)F)C(F)(F)F)cc1. The summed E-state index contributed by atoms with van der Waals surface area (Å²) in [7, 11) is 0. The van der Waals surface area contributed by atoms with Crippen LogP contribution in [0.25, 0.3) is 0 Å². The van der Waals surface area contributed by atoms with Crippen LogP contribution in [-0.4, -0.2) is 43.5 Å². The number of alkyl carbamates (subject to hydrolysis) is 1. The molecule has 0 aromatic heterocycles. The summed E-state index contributed by atoms with van der Waals surface area (Å²) in [6.07, 6.45) is -11.8. The summed E-state index contributed by atoms with van der Waals surface area (Å²) < 4.78 is 77.7. The monoisotopic (exact) mass is 372 g/mol. The first kappa shape index (κ1) is 20.6. The van der Waals surface area contributed by atoms with E-state index in [1.165, 1.54) is 17.4 Å². The second-order valence-corrected chi connectivity index (χ2v) is 5.01. The summed E-state index contributed by atoms with van der Waals surface area (Å²) in [5.74, 6) is -0.834. The molecule has 0 saturated carbocycles. The Morgan fingerprint density at radius 3 is 2.12 bits per heavy atom. The van der Waals surface area contributed by atoms with Crippen molar-refractivity contribution in [3.63, 3.8) is 0 Å². The summed E-state index contributed by atoms with van der Waals surface area (Å²) in [5.41, 5.74) is 0.921. The maximum Gasteiger partial charge on any atom is 0.422 e. The topological polar surface area (TPSA) is 67.4 Å². The van der Waals surface area contributed by atoms with Crippen LogP contribution in [0.3, 0.4) is 0 Å². The van der Waals surface area contributed by atoms with Crippen LogP contribution in [0.5, 0.6) is 0 Å². The van der Waals surface area contributed by atoms with Crippen molar-refractivity contribution in [2.45, 2.75) is 25.3 Å². The zero-order valence-corrected chi connectivity index (χ0v) is 12.8. The zero-order valence-electron chi connectivity index (χ0n) is 12.8. The standard InChI is InChI=1S/C14H14F6N2O3/c1-8-2-4-9(5-3-8)11(23)21-6-10(14(18,19)20)22-12(24)25-7-13(15,16)17/h2-5,10H,6-7H2,1H3,(H,21,23)(H,22,24). The molecule has 1 rings (SSSR count). The fraction of sp³-hybridized carbons (Fsp3) is 0.429. The van der Waals surface area contributed by atoms with Gasteiger partial charge < -0.3 is 15.4 Å². The number of rotatable bonds is 5. The van der Waals surface area contributed by atoms with E-state index in [1.54, 1.807) is 19.1 Å². The van der Waals surface area contributed by atoms with Crippen LogP contribution >= 0.6 is 0 Å². The summed E-state index contributed by atoms with van der Waals surface area (Å²) in [5, 5.41) is 3.20. The number of amides is 2. The van der Waals surface area contributed by atoms with Gasteiger partial charge in [0.2, 0.25) is 0 Å². The third kappa shape index (κ3) is 7.77. The Morgan fingerprint density at radius 2 is 1.64 bits per heavy atom. The number of carbonyl (C=O) groups excluding carboxylic acids is 2. The minimum atomic E-state index is -5.00. The summed E-state index contributed by atoms with van der Waals surface area (Å²) >= 11 is 0. The minimum absolute atomic E-state index is 0.0890. The van der Waals surface area contributed by atoms with Gasteiger partial charge in [0, 0.05) is 12.1 Å². The second kappa shape index (κ2) is 8.08. The van der Waals surface area contributed by atoms with Crippen molar-refractivity contribution in [2.75, 3.05) is 13.2 Å². The molecule has 0 aliphatic heterocycles. The largest absolute Gasteiger partial charge is 0.440 e. The number of nitrogens with one attached hydrogen (secondary N) is 2. The van der Waals surface area contributed by atoms with Gasteiger partial charge in [-0.1, -0.05) is 17.7 Å². The first-order chi connectivity index (χ1) is 11.4. The van der Waals surface area contributed by atoms with E-state index < -0.39 is 43.5 Å². The third-order valence-electron chi connectivity index (χ3n) is 2.83. The van der Waals surface area contributed by atoms with Gasteiger partial charge in [0.25, 0.3) is 5.91 Å². The van der Waals surface area contributed by atoms with Crippen LogP contribution in [0.4, 0.5) is 31.1 Å². The zero-order chi connectivity index (χ0) is 19.3. The Balaban J connectivity index is 2.63. The molecule has 0 radical (unpaired) electrons. The molecule has 0 heterocycles. The van der Waals surface area contributed by atoms with Crippen LogP contribution < -0.4 is 10.6 Å². The van der Waals surface area contributed by atoms with Crippen LogP contribution in [-0.2, 0) is 4.74 Å². The van der Waals surface area contributed by atoms with Crippen molar-refractivity contribution < 1.29 is 40.7 Å². The number of hydrogen-bond donors (Lipinski definition) is 2. The van der Waals surface area contributed by atoms with Crippen molar-refractivity contribution in [1.29, 1.82) is 0 Å². The van der Waals surface area contributed by atoms with Gasteiger partial charge in [-0.15, -0.1) is 0 Å². The van der Waals surface area contributed by atoms with Gasteiger partial charge >= 0.3 is 18.4 Å². The van der Waals surface area contributed by atoms with Crippen LogP contribution in [0.2, 0.25) is 0 Å². The Morgan fingerprint density at radius 1 is 1.08 bits per heavy atom. The van der Waals surface area contributed by atoms with Gasteiger partial charge in [-0.25, -0.2) is 4.79 Å². The van der Waals surface area contributed by atoms with E-state index in [1.807, 2.05) is 5.32 Å². The molecule has 1 unspecified atom stereocenters. The van der Waals surface area contributed by atoms with Crippen LogP contribution in [0.15, 0.2) is 24.3 Å². The number of benzene rings is 1. The molecule has 0 bridgehead atoms. The highest BCUT2D eigenvalue weighted by molar-refractivity contribution is 5.94. The van der Waals surface area contributed by atoms with Crippen molar-refractivity contribution in [3.05, 3.63) is 35.4 Å². The normalized spacial score (nSPS) is 13.1. The molecule has 11 heteroatoms. The van der Waals surface area contributed by atoms with Gasteiger partial charge in [0.1, 0.15) is 6.04 Å². The van der Waals surface area contributed by atoms with E-state index in [0.717, 1.165) is 5.56 Å². The Hall–Kier alpha value is -2.46. The van der Waals surface area contributed by atoms with E-state index in [-0.39, 0.29) is 5.56 Å². The van der Waals surface area contributed by atoms with E-state index in [0.29, 0.717) is 0 Å². The molecule has 5 nitrogen and oxygen atoms in total. The van der Waals surface area contributed by atoms with Crippen LogP contribution in [0.1, 0.15) is 15.9 Å². The van der Waals surface area contributed by atoms with Gasteiger partial charge in [0.15, 0.2) is 6.61 Å². The molecule has 2 amide bonds. The van der Waals surface area contributed by atoms with Gasteiger partial charge in [-0.2, -0.15) is 26.3 Å². The fourth-order valence-corrected chi connectivity index (χ4v) is 1.58. The average Bonchev–Trinajstić information content (AvgIpc) is 2.48. The number of aryl methyl sites for hydroxylation is 1. The van der Waals surface area contributed by atoms with E-state index >= 15 is 0 Å². The molecule has 25 heavy (non-hydrogen) atoms. The fourth-order valence-electron chi connectivity index (χ4n) is 1.58. The van der Waals surface area contributed by atoms with Crippen molar-refractivity contribution in [1.82, 2.24) is 10.6 Å². The van der Waals surface area contributed by atoms with E-state index in [2.05, 4.69) is 4.74 Å². The Labute approximate surface area is 138 Å². The first-order valence-electron chi connectivity index (χ1n) is 6.80. The smallest absolute Gasteiger partial charge is 0.422 e. The quantitative estimate of drug-likeness (QED) is 0.781. The van der Waals surface area contributed by atoms with E-state index in [4.69, 9.17) is 0 Å². The highest BCUT2D eigenvalue weighted by Gasteiger charge is 2.41. The number of alkyl halides is 6. The Kier molecular flexibility index (Phi) is 6.65. The molecule has 0 spiro atoms. The lowest BCUT2D eigenvalue weighted by Gasteiger charge is -2.22. The number of halogens is 6. The minimum Gasteiger partial charge on any atom is -0.440 e. The van der Waals surface area contributed by atoms with Crippen molar-refractivity contribution >= 4 is 12.0 Å². The van der Waals surface area contributed by atoms with Crippen LogP contribution in [0, 0.1) is 6.92 Å². The maximum atomic E-state index is 12.8. The van der Waals surface area contributed by atoms with Crippen molar-refractivity contribution in [2.24, 2.45) is 0 Å². The van der Waals surface area contributed by atoms with Gasteiger partial charge in [-0.05, 0) is 19.1 Å². The number of carbonyl (C=O) groups is 2. The molecular weight excluding hydrogens is 358 g/mol. The van der Waals surface area contributed by atoms with Gasteiger partial charge in [-0.3, -0.25) is 4.79 Å². The summed E-state index contributed by atoms with van der Waals surface area (Å²) in [4.78, 5) is 22.8. The molecular formula is C14H14F6N2O3. The lowest BCUT2D eigenvalue weighted by Crippen LogP contribution is -2.52. The molecule has 1 aromatic carbocycles. The molecule has 140 valence electrons. The number of hydrogen-bond acceptors (Lipinski definition) is 3. The predicted molar refractivity (Wildman–Crippen MR) is 73.9 cm³/mol. The molecule has 1 aromatic rings. The molecule has 2 N–H and O–H groups in total. The van der Waals surface area contributed by atoms with Gasteiger partial charge in [0.05, 0.1) is 0 Å². The first-order valence-corrected chi connectivity index (χ1v) is 6.80. The molecule has 0 aliphatic carbocycles. The highest BCUT2D eigenvalue weighted by Crippen LogP contribution is 2.20. The Bertz CT molecular complexity index is 598. The van der Waals surface area contributed by atoms with E-state index in [9.17, 15) is 35.9 Å². The molecule has 1 atom stereocenters. The summed E-state index contributed by atoms with van der Waals surface area (Å²) in [6, 6.07) is 3.31. The van der Waals surface area contributed by atoms with Crippen molar-refractivity contribution in [3.8, 4) is 0 Å². The maximum absolute atomic E-state index is 12.8. The average molecular weight is 372 g/mol. The molecule has 0 saturated heterocycles. The predicted octanol–water partition coefficient (Wildman–Crippen LogP) is 2.94. The summed E-state index contributed by atoms with van der Waals surface area (Å²) in [6.45, 7) is -1.35. The molecule has 0 fully saturated rings.